The highest BCUT2D eigenvalue weighted by molar-refractivity contribution is 7.19. The van der Waals surface area contributed by atoms with E-state index in [2.05, 4.69) is 11.1 Å². The van der Waals surface area contributed by atoms with E-state index >= 15 is 0 Å². The number of ether oxygens (including phenoxy) is 3. The summed E-state index contributed by atoms with van der Waals surface area (Å²) in [5, 5.41) is 10.3. The van der Waals surface area contributed by atoms with E-state index in [4.69, 9.17) is 14.2 Å². The highest BCUT2D eigenvalue weighted by atomic mass is 32.1. The van der Waals surface area contributed by atoms with Crippen molar-refractivity contribution < 1.29 is 19.0 Å². The average molecular weight is 436 g/mol. The molecule has 0 N–H and O–H groups in total. The number of amides is 1. The monoisotopic (exact) mass is 435 g/mol. The van der Waals surface area contributed by atoms with Crippen molar-refractivity contribution in [2.24, 2.45) is 0 Å². The van der Waals surface area contributed by atoms with Crippen molar-refractivity contribution in [1.29, 1.82) is 5.26 Å². The first-order valence-electron chi connectivity index (χ1n) is 9.82. The average Bonchev–Trinajstić information content (AvgIpc) is 3.26. The minimum Gasteiger partial charge on any atom is -0.493 e. The van der Waals surface area contributed by atoms with Gasteiger partial charge in [0, 0.05) is 13.1 Å². The lowest BCUT2D eigenvalue weighted by atomic mass is 10.1. The molecule has 8 heteroatoms. The number of thiazole rings is 1. The number of hydrogen-bond acceptors (Lipinski definition) is 7. The van der Waals surface area contributed by atoms with Gasteiger partial charge >= 0.3 is 0 Å². The highest BCUT2D eigenvalue weighted by Crippen LogP contribution is 2.31. The Morgan fingerprint density at radius 2 is 2.06 bits per heavy atom. The third-order valence-corrected chi connectivity index (χ3v) is 5.93. The Morgan fingerprint density at radius 3 is 2.81 bits per heavy atom. The minimum atomic E-state index is -0.0862. The van der Waals surface area contributed by atoms with E-state index in [-0.39, 0.29) is 12.5 Å². The SMILES string of the molecule is COc1cc(C=C(C#N)c2nc3ccccc3s2)ccc1OCC(=O)N1CCOCC1. The molecule has 1 fully saturated rings. The van der Waals surface area contributed by atoms with Crippen LogP contribution < -0.4 is 9.47 Å². The predicted octanol–water partition coefficient (Wildman–Crippen LogP) is 3.61. The molecule has 31 heavy (non-hydrogen) atoms. The van der Waals surface area contributed by atoms with Gasteiger partial charge < -0.3 is 19.1 Å². The molecule has 158 valence electrons. The number of aromatic nitrogens is 1. The summed E-state index contributed by atoms with van der Waals surface area (Å²) in [6, 6.07) is 15.4. The van der Waals surface area contributed by atoms with Crippen LogP contribution >= 0.6 is 11.3 Å². The summed E-state index contributed by atoms with van der Waals surface area (Å²) in [6.07, 6.45) is 1.77. The maximum atomic E-state index is 12.3. The number of carbonyl (C=O) groups is 1. The van der Waals surface area contributed by atoms with Gasteiger partial charge in [-0.1, -0.05) is 18.2 Å². The summed E-state index contributed by atoms with van der Waals surface area (Å²) in [5.74, 6) is 0.877. The molecule has 1 amide bonds. The quantitative estimate of drug-likeness (QED) is 0.550. The summed E-state index contributed by atoms with van der Waals surface area (Å²) < 4.78 is 17.4. The van der Waals surface area contributed by atoms with E-state index in [0.717, 1.165) is 15.8 Å². The van der Waals surface area contributed by atoms with E-state index in [9.17, 15) is 10.1 Å². The van der Waals surface area contributed by atoms with E-state index in [1.807, 2.05) is 30.3 Å². The number of allylic oxidation sites excluding steroid dienone is 1. The Morgan fingerprint density at radius 1 is 1.26 bits per heavy atom. The molecule has 3 aromatic rings. The van der Waals surface area contributed by atoms with Crippen molar-refractivity contribution in [1.82, 2.24) is 9.88 Å². The standard InChI is InChI=1S/C23H21N3O4S/c1-28-20-13-16(6-7-19(20)30-15-22(27)26-8-10-29-11-9-26)12-17(14-24)23-25-18-4-2-3-5-21(18)31-23/h2-7,12-13H,8-11,15H2,1H3. The summed E-state index contributed by atoms with van der Waals surface area (Å²) in [7, 11) is 1.54. The Balaban J connectivity index is 1.51. The molecular weight excluding hydrogens is 414 g/mol. The number of hydrogen-bond donors (Lipinski definition) is 0. The Hall–Kier alpha value is -3.41. The zero-order valence-corrected chi connectivity index (χ0v) is 17.9. The van der Waals surface area contributed by atoms with Crippen LogP contribution in [0.4, 0.5) is 0 Å². The van der Waals surface area contributed by atoms with Gasteiger partial charge in [-0.2, -0.15) is 5.26 Å². The molecule has 0 spiro atoms. The lowest BCUT2D eigenvalue weighted by molar-refractivity contribution is -0.137. The lowest BCUT2D eigenvalue weighted by Gasteiger charge is -2.26. The summed E-state index contributed by atoms with van der Waals surface area (Å²) in [4.78, 5) is 18.6. The van der Waals surface area contributed by atoms with Crippen molar-refractivity contribution in [2.45, 2.75) is 0 Å². The number of rotatable bonds is 6. The first kappa shape index (κ1) is 20.8. The second kappa shape index (κ2) is 9.60. The molecule has 1 saturated heterocycles. The van der Waals surface area contributed by atoms with Gasteiger partial charge in [-0.15, -0.1) is 11.3 Å². The van der Waals surface area contributed by atoms with Crippen molar-refractivity contribution in [2.75, 3.05) is 40.0 Å². The van der Waals surface area contributed by atoms with Gasteiger partial charge in [0.05, 0.1) is 36.1 Å². The van der Waals surface area contributed by atoms with Gasteiger partial charge in [0.1, 0.15) is 11.1 Å². The maximum Gasteiger partial charge on any atom is 0.260 e. The molecule has 0 bridgehead atoms. The first-order chi connectivity index (χ1) is 15.2. The third kappa shape index (κ3) is 4.85. The zero-order valence-electron chi connectivity index (χ0n) is 17.0. The Kier molecular flexibility index (Phi) is 6.46. The van der Waals surface area contributed by atoms with Gasteiger partial charge in [-0.05, 0) is 35.9 Å². The van der Waals surface area contributed by atoms with Crippen molar-refractivity contribution in [3.63, 3.8) is 0 Å². The maximum absolute atomic E-state index is 12.3. The van der Waals surface area contributed by atoms with Crippen molar-refractivity contribution >= 4 is 39.1 Å². The molecule has 0 aliphatic carbocycles. The lowest BCUT2D eigenvalue weighted by Crippen LogP contribution is -2.43. The number of fused-ring (bicyclic) bond motifs is 1. The van der Waals surface area contributed by atoms with Gasteiger partial charge in [-0.3, -0.25) is 4.79 Å². The van der Waals surface area contributed by atoms with Crippen LogP contribution in [0.3, 0.4) is 0 Å². The summed E-state index contributed by atoms with van der Waals surface area (Å²) >= 11 is 1.48. The van der Waals surface area contributed by atoms with Crippen LogP contribution in [0, 0.1) is 11.3 Å². The number of nitriles is 1. The fraction of sp³-hybridized carbons (Fsp3) is 0.261. The second-order valence-electron chi connectivity index (χ2n) is 6.85. The minimum absolute atomic E-state index is 0.0688. The van der Waals surface area contributed by atoms with Crippen LogP contribution in [-0.4, -0.2) is 55.8 Å². The number of carbonyl (C=O) groups excluding carboxylic acids is 1. The van der Waals surface area contributed by atoms with Crippen LogP contribution in [0.1, 0.15) is 10.6 Å². The number of morpholine rings is 1. The molecule has 1 aliphatic heterocycles. The molecular formula is C23H21N3O4S. The topological polar surface area (TPSA) is 84.7 Å². The molecule has 0 radical (unpaired) electrons. The zero-order chi connectivity index (χ0) is 21.6. The molecule has 0 atom stereocenters. The summed E-state index contributed by atoms with van der Waals surface area (Å²) in [5.41, 5.74) is 2.12. The van der Waals surface area contributed by atoms with E-state index in [1.165, 1.54) is 18.4 Å². The third-order valence-electron chi connectivity index (χ3n) is 4.86. The molecule has 7 nitrogen and oxygen atoms in total. The van der Waals surface area contributed by atoms with Crippen molar-refractivity contribution in [3.8, 4) is 17.6 Å². The van der Waals surface area contributed by atoms with Gasteiger partial charge in [-0.25, -0.2) is 4.98 Å². The van der Waals surface area contributed by atoms with Gasteiger partial charge in [0.25, 0.3) is 5.91 Å². The predicted molar refractivity (Wildman–Crippen MR) is 119 cm³/mol. The summed E-state index contributed by atoms with van der Waals surface area (Å²) in [6.45, 7) is 2.18. The normalized spacial score (nSPS) is 14.3. The number of para-hydroxylation sites is 1. The van der Waals surface area contributed by atoms with E-state index in [0.29, 0.717) is 48.4 Å². The van der Waals surface area contributed by atoms with Crippen LogP contribution in [0.25, 0.3) is 21.9 Å². The molecule has 1 aliphatic rings. The fourth-order valence-electron chi connectivity index (χ4n) is 3.23. The molecule has 0 saturated carbocycles. The molecule has 4 rings (SSSR count). The first-order valence-corrected chi connectivity index (χ1v) is 10.6. The van der Waals surface area contributed by atoms with E-state index in [1.54, 1.807) is 23.1 Å². The number of benzene rings is 2. The van der Waals surface area contributed by atoms with Crippen LogP contribution in [-0.2, 0) is 9.53 Å². The molecule has 0 unspecified atom stereocenters. The van der Waals surface area contributed by atoms with Crippen LogP contribution in [0.2, 0.25) is 0 Å². The highest BCUT2D eigenvalue weighted by Gasteiger charge is 2.18. The molecule has 2 aromatic carbocycles. The van der Waals surface area contributed by atoms with Gasteiger partial charge in [0.2, 0.25) is 0 Å². The molecule has 2 heterocycles. The Labute approximate surface area is 184 Å². The van der Waals surface area contributed by atoms with E-state index < -0.39 is 0 Å². The Bertz CT molecular complexity index is 1130. The van der Waals surface area contributed by atoms with Gasteiger partial charge in [0.15, 0.2) is 18.1 Å². The van der Waals surface area contributed by atoms with Crippen LogP contribution in [0.15, 0.2) is 42.5 Å². The number of nitrogens with zero attached hydrogens (tertiary/aromatic N) is 3. The fourth-order valence-corrected chi connectivity index (χ4v) is 4.16. The smallest absolute Gasteiger partial charge is 0.260 e. The van der Waals surface area contributed by atoms with Crippen molar-refractivity contribution in [3.05, 3.63) is 53.0 Å². The number of methoxy groups -OCH3 is 1. The largest absolute Gasteiger partial charge is 0.493 e. The molecule has 1 aromatic heterocycles. The second-order valence-corrected chi connectivity index (χ2v) is 7.88. The van der Waals surface area contributed by atoms with Crippen LogP contribution in [0.5, 0.6) is 11.5 Å².